The molecule has 3 heteroatoms. The summed E-state index contributed by atoms with van der Waals surface area (Å²) in [5.41, 5.74) is 4.53. The molecule has 1 heterocycles. The molecule has 3 nitrogen and oxygen atoms in total. The fourth-order valence-corrected chi connectivity index (χ4v) is 2.65. The second kappa shape index (κ2) is 6.69. The summed E-state index contributed by atoms with van der Waals surface area (Å²) in [5.74, 6) is 1.73. The Hall–Kier alpha value is -2.55. The van der Waals surface area contributed by atoms with Gasteiger partial charge >= 0.3 is 0 Å². The summed E-state index contributed by atoms with van der Waals surface area (Å²) in [5, 5.41) is 1.08. The molecule has 0 unspecified atom stereocenters. The van der Waals surface area contributed by atoms with Crippen molar-refractivity contribution in [2.24, 2.45) is 0 Å². The van der Waals surface area contributed by atoms with Crippen LogP contribution in [0.1, 0.15) is 16.7 Å². The Balaban J connectivity index is 1.64. The third-order valence-electron chi connectivity index (χ3n) is 3.96. The van der Waals surface area contributed by atoms with E-state index in [1.807, 2.05) is 30.3 Å². The molecule has 3 rings (SSSR count). The van der Waals surface area contributed by atoms with Gasteiger partial charge in [0.1, 0.15) is 30.2 Å². The van der Waals surface area contributed by atoms with Crippen molar-refractivity contribution in [2.45, 2.75) is 20.8 Å². The molecule has 0 saturated heterocycles. The lowest BCUT2D eigenvalue weighted by atomic mass is 10.1. The van der Waals surface area contributed by atoms with Gasteiger partial charge in [0.05, 0.1) is 0 Å². The molecule has 0 atom stereocenters. The quantitative estimate of drug-likeness (QED) is 0.645. The van der Waals surface area contributed by atoms with E-state index in [-0.39, 0.29) is 0 Å². The number of benzene rings is 2. The summed E-state index contributed by atoms with van der Waals surface area (Å²) in [6.07, 6.45) is 1.78. The number of hydrogen-bond donors (Lipinski definition) is 0. The maximum Gasteiger partial charge on any atom is 0.145 e. The second-order valence-corrected chi connectivity index (χ2v) is 5.73. The zero-order chi connectivity index (χ0) is 16.2. The summed E-state index contributed by atoms with van der Waals surface area (Å²) in [6, 6.07) is 14.2. The van der Waals surface area contributed by atoms with Crippen LogP contribution in [0.3, 0.4) is 0 Å². The lowest BCUT2D eigenvalue weighted by Gasteiger charge is -2.13. The average Bonchev–Trinajstić information content (AvgIpc) is 2.56. The molecule has 0 fully saturated rings. The predicted octanol–water partition coefficient (Wildman–Crippen LogP) is 4.62. The highest BCUT2D eigenvalue weighted by molar-refractivity contribution is 5.84. The lowest BCUT2D eigenvalue weighted by molar-refractivity contribution is 0.217. The largest absolute Gasteiger partial charge is 0.490 e. The number of aromatic nitrogens is 1. The summed E-state index contributed by atoms with van der Waals surface area (Å²) >= 11 is 0. The molecule has 2 aromatic carbocycles. The number of pyridine rings is 1. The fraction of sp³-hybridized carbons (Fsp3) is 0.250. The highest BCUT2D eigenvalue weighted by Gasteiger charge is 2.05. The normalized spacial score (nSPS) is 10.7. The molecule has 0 bridgehead atoms. The predicted molar refractivity (Wildman–Crippen MR) is 93.4 cm³/mol. The smallest absolute Gasteiger partial charge is 0.145 e. The van der Waals surface area contributed by atoms with E-state index in [0.717, 1.165) is 22.4 Å². The van der Waals surface area contributed by atoms with Crippen molar-refractivity contribution in [3.05, 3.63) is 65.4 Å². The van der Waals surface area contributed by atoms with Gasteiger partial charge in [0.25, 0.3) is 0 Å². The van der Waals surface area contributed by atoms with E-state index in [1.54, 1.807) is 6.20 Å². The van der Waals surface area contributed by atoms with Crippen LogP contribution in [0, 0.1) is 20.8 Å². The number of fused-ring (bicyclic) bond motifs is 1. The minimum atomic E-state index is 0.488. The number of para-hydroxylation sites is 1. The van der Waals surface area contributed by atoms with Gasteiger partial charge in [-0.15, -0.1) is 0 Å². The number of hydrogen-bond acceptors (Lipinski definition) is 3. The van der Waals surface area contributed by atoms with E-state index in [4.69, 9.17) is 9.47 Å². The third-order valence-corrected chi connectivity index (χ3v) is 3.96. The maximum absolute atomic E-state index is 5.89. The van der Waals surface area contributed by atoms with E-state index in [2.05, 4.69) is 37.9 Å². The van der Waals surface area contributed by atoms with Crippen molar-refractivity contribution in [3.8, 4) is 11.5 Å². The molecule has 0 spiro atoms. The van der Waals surface area contributed by atoms with Crippen LogP contribution in [0.4, 0.5) is 0 Å². The standard InChI is InChI=1S/C20H21NO2/c1-14-12-15(2)16(3)19(13-14)23-11-10-22-18-8-4-6-17-7-5-9-21-20(17)18/h4-9,12-13H,10-11H2,1-3H3. The molecule has 0 aliphatic carbocycles. The van der Waals surface area contributed by atoms with Crippen LogP contribution < -0.4 is 9.47 Å². The molecule has 0 amide bonds. The van der Waals surface area contributed by atoms with E-state index in [1.165, 1.54) is 16.7 Å². The zero-order valence-electron chi connectivity index (χ0n) is 13.8. The van der Waals surface area contributed by atoms with Gasteiger partial charge in [0.2, 0.25) is 0 Å². The van der Waals surface area contributed by atoms with Gasteiger partial charge < -0.3 is 9.47 Å². The first kappa shape index (κ1) is 15.3. The maximum atomic E-state index is 5.89. The van der Waals surface area contributed by atoms with Crippen molar-refractivity contribution in [1.82, 2.24) is 4.98 Å². The monoisotopic (exact) mass is 307 g/mol. The SMILES string of the molecule is Cc1cc(C)c(C)c(OCCOc2cccc3cccnc23)c1. The van der Waals surface area contributed by atoms with Gasteiger partial charge in [-0.3, -0.25) is 4.98 Å². The van der Waals surface area contributed by atoms with Crippen LogP contribution in [-0.4, -0.2) is 18.2 Å². The summed E-state index contributed by atoms with van der Waals surface area (Å²) in [6.45, 7) is 7.26. The summed E-state index contributed by atoms with van der Waals surface area (Å²) in [4.78, 5) is 4.39. The van der Waals surface area contributed by atoms with Crippen LogP contribution in [0.15, 0.2) is 48.7 Å². The number of rotatable bonds is 5. The molecular formula is C20H21NO2. The average molecular weight is 307 g/mol. The third kappa shape index (κ3) is 3.45. The summed E-state index contributed by atoms with van der Waals surface area (Å²) < 4.78 is 11.7. The van der Waals surface area contributed by atoms with Crippen molar-refractivity contribution < 1.29 is 9.47 Å². The molecule has 1 aromatic heterocycles. The van der Waals surface area contributed by atoms with Gasteiger partial charge in [-0.25, -0.2) is 0 Å². The molecule has 0 aliphatic heterocycles. The Morgan fingerprint density at radius 3 is 2.43 bits per heavy atom. The van der Waals surface area contributed by atoms with Crippen LogP contribution in [-0.2, 0) is 0 Å². The molecule has 118 valence electrons. The van der Waals surface area contributed by atoms with Crippen molar-refractivity contribution >= 4 is 10.9 Å². The first-order valence-electron chi connectivity index (χ1n) is 7.82. The van der Waals surface area contributed by atoms with Crippen LogP contribution in [0.5, 0.6) is 11.5 Å². The number of ether oxygens (including phenoxy) is 2. The van der Waals surface area contributed by atoms with E-state index >= 15 is 0 Å². The van der Waals surface area contributed by atoms with Gasteiger partial charge in [-0.2, -0.15) is 0 Å². The molecule has 0 saturated carbocycles. The van der Waals surface area contributed by atoms with Crippen LogP contribution in [0.2, 0.25) is 0 Å². The van der Waals surface area contributed by atoms with Crippen molar-refractivity contribution in [2.75, 3.05) is 13.2 Å². The highest BCUT2D eigenvalue weighted by Crippen LogP contribution is 2.24. The van der Waals surface area contributed by atoms with E-state index in [0.29, 0.717) is 13.2 Å². The topological polar surface area (TPSA) is 31.4 Å². The Bertz CT molecular complexity index is 822. The molecule has 0 radical (unpaired) electrons. The molecule has 23 heavy (non-hydrogen) atoms. The van der Waals surface area contributed by atoms with Gasteiger partial charge in [-0.05, 0) is 55.7 Å². The van der Waals surface area contributed by atoms with Crippen LogP contribution in [0.25, 0.3) is 10.9 Å². The van der Waals surface area contributed by atoms with Crippen molar-refractivity contribution in [3.63, 3.8) is 0 Å². The van der Waals surface area contributed by atoms with Gasteiger partial charge in [0.15, 0.2) is 0 Å². The highest BCUT2D eigenvalue weighted by atomic mass is 16.5. The number of aryl methyl sites for hydroxylation is 2. The first-order chi connectivity index (χ1) is 11.1. The van der Waals surface area contributed by atoms with Crippen LogP contribution >= 0.6 is 0 Å². The molecule has 0 N–H and O–H groups in total. The number of nitrogens with zero attached hydrogens (tertiary/aromatic N) is 1. The Labute approximate surface area is 136 Å². The molecule has 0 aliphatic rings. The summed E-state index contributed by atoms with van der Waals surface area (Å²) in [7, 11) is 0. The van der Waals surface area contributed by atoms with Gasteiger partial charge in [-0.1, -0.05) is 24.3 Å². The van der Waals surface area contributed by atoms with Gasteiger partial charge in [0, 0.05) is 11.6 Å². The Morgan fingerprint density at radius 2 is 1.61 bits per heavy atom. The fourth-order valence-electron chi connectivity index (χ4n) is 2.65. The zero-order valence-corrected chi connectivity index (χ0v) is 13.8. The molecule has 3 aromatic rings. The Morgan fingerprint density at radius 1 is 0.870 bits per heavy atom. The second-order valence-electron chi connectivity index (χ2n) is 5.73. The van der Waals surface area contributed by atoms with Crippen molar-refractivity contribution in [1.29, 1.82) is 0 Å². The van der Waals surface area contributed by atoms with E-state index in [9.17, 15) is 0 Å². The van der Waals surface area contributed by atoms with E-state index < -0.39 is 0 Å². The minimum absolute atomic E-state index is 0.488. The minimum Gasteiger partial charge on any atom is -0.490 e. The first-order valence-corrected chi connectivity index (χ1v) is 7.82. The Kier molecular flexibility index (Phi) is 4.47. The molecular weight excluding hydrogens is 286 g/mol. The lowest BCUT2D eigenvalue weighted by Crippen LogP contribution is -2.10.